The smallest absolute Gasteiger partial charge is 0.269 e. The number of para-hydroxylation sites is 1. The molecule has 0 aliphatic carbocycles. The van der Waals surface area contributed by atoms with Crippen LogP contribution in [-0.2, 0) is 4.79 Å². The molecule has 4 aromatic rings. The lowest BCUT2D eigenvalue weighted by Gasteiger charge is -2.33. The van der Waals surface area contributed by atoms with E-state index in [2.05, 4.69) is 0 Å². The van der Waals surface area contributed by atoms with Crippen molar-refractivity contribution >= 4 is 55.3 Å². The van der Waals surface area contributed by atoms with E-state index in [9.17, 15) is 19.7 Å². The van der Waals surface area contributed by atoms with E-state index >= 15 is 0 Å². The van der Waals surface area contributed by atoms with Gasteiger partial charge in [0.05, 0.1) is 4.92 Å². The number of non-ortho nitro benzene ring substituents is 1. The number of hydrogen-bond acceptors (Lipinski definition) is 5. The minimum absolute atomic E-state index is 0.0249. The summed E-state index contributed by atoms with van der Waals surface area (Å²) >= 11 is 7.50. The fraction of sp³-hybridized carbons (Fsp3) is 0.0833. The highest BCUT2D eigenvalue weighted by Gasteiger charge is 2.37. The van der Waals surface area contributed by atoms with E-state index in [0.29, 0.717) is 36.9 Å². The monoisotopic (exact) mass is 462 g/mol. The first-order valence-electron chi connectivity index (χ1n) is 9.82. The van der Waals surface area contributed by atoms with E-state index in [1.54, 1.807) is 35.2 Å². The second kappa shape index (κ2) is 7.85. The van der Waals surface area contributed by atoms with Crippen LogP contribution < -0.4 is 10.3 Å². The number of hydrogen-bond donors (Lipinski definition) is 0. The lowest BCUT2D eigenvalue weighted by molar-refractivity contribution is -0.384. The molecule has 1 unspecified atom stereocenters. The van der Waals surface area contributed by atoms with Gasteiger partial charge in [-0.25, -0.2) is 0 Å². The van der Waals surface area contributed by atoms with Gasteiger partial charge >= 0.3 is 0 Å². The lowest BCUT2D eigenvalue weighted by Crippen LogP contribution is -2.35. The van der Waals surface area contributed by atoms with Gasteiger partial charge in [0, 0.05) is 50.8 Å². The molecule has 158 valence electrons. The van der Waals surface area contributed by atoms with Gasteiger partial charge in [0.25, 0.3) is 5.69 Å². The van der Waals surface area contributed by atoms with Gasteiger partial charge in [-0.05, 0) is 35.9 Å². The van der Waals surface area contributed by atoms with E-state index in [0.717, 1.165) is 0 Å². The second-order valence-corrected chi connectivity index (χ2v) is 8.93. The third-order valence-corrected chi connectivity index (χ3v) is 6.95. The maximum atomic E-state index is 13.7. The van der Waals surface area contributed by atoms with Crippen molar-refractivity contribution in [3.05, 3.63) is 109 Å². The molecule has 1 aromatic heterocycles. The number of halogens is 1. The molecule has 0 radical (unpaired) electrons. The van der Waals surface area contributed by atoms with Gasteiger partial charge in [0.15, 0.2) is 5.43 Å². The molecule has 32 heavy (non-hydrogen) atoms. The van der Waals surface area contributed by atoms with Crippen LogP contribution in [0.3, 0.4) is 0 Å². The Hall–Kier alpha value is -3.55. The molecule has 0 fully saturated rings. The first kappa shape index (κ1) is 20.4. The maximum Gasteiger partial charge on any atom is 0.269 e. The third kappa shape index (κ3) is 3.36. The van der Waals surface area contributed by atoms with Crippen LogP contribution in [0.1, 0.15) is 23.5 Å². The Labute approximate surface area is 191 Å². The first-order valence-corrected chi connectivity index (χ1v) is 11.0. The van der Waals surface area contributed by atoms with Crippen LogP contribution in [0, 0.1) is 10.1 Å². The molecule has 0 saturated heterocycles. The van der Waals surface area contributed by atoms with Crippen molar-refractivity contribution in [1.29, 1.82) is 0 Å². The Bertz CT molecular complexity index is 1450. The molecule has 8 heteroatoms. The number of fused-ring (bicyclic) bond motifs is 2. The molecule has 1 atom stereocenters. The third-order valence-electron chi connectivity index (χ3n) is 5.55. The Balaban J connectivity index is 1.81. The Kier molecular flexibility index (Phi) is 5.00. The summed E-state index contributed by atoms with van der Waals surface area (Å²) in [4.78, 5) is 39.4. The zero-order valence-corrected chi connectivity index (χ0v) is 18.1. The standard InChI is InChI=1S/C24H15ClN2O4S/c25-15-9-10-20-19(12-15)23(29)22-18(14-5-4-8-17(11-14)27(30)31)13-21(28)26(24(22)32-20)16-6-2-1-3-7-16/h1-12,18H,13H2. The topological polar surface area (TPSA) is 80.5 Å². The molecule has 1 aliphatic heterocycles. The molecule has 1 amide bonds. The number of nitro groups is 1. The SMILES string of the molecule is O=C1CC(c2cccc([N+](=O)[O-])c2)c2c(sc3ccc(Cl)cc3c2=O)N1c1ccccc1. The number of benzene rings is 3. The van der Waals surface area contributed by atoms with Crippen molar-refractivity contribution < 1.29 is 9.72 Å². The van der Waals surface area contributed by atoms with Crippen LogP contribution in [0.2, 0.25) is 5.02 Å². The Morgan fingerprint density at radius 3 is 2.53 bits per heavy atom. The van der Waals surface area contributed by atoms with Gasteiger partial charge in [-0.15, -0.1) is 11.3 Å². The summed E-state index contributed by atoms with van der Waals surface area (Å²) in [5, 5.41) is 12.8. The van der Waals surface area contributed by atoms with Crippen LogP contribution in [0.25, 0.3) is 10.1 Å². The second-order valence-electron chi connectivity index (χ2n) is 7.46. The molecule has 0 bridgehead atoms. The molecule has 0 spiro atoms. The van der Waals surface area contributed by atoms with Crippen molar-refractivity contribution in [2.24, 2.45) is 0 Å². The highest BCUT2D eigenvalue weighted by atomic mass is 35.5. The van der Waals surface area contributed by atoms with Crippen molar-refractivity contribution in [2.75, 3.05) is 4.90 Å². The summed E-state index contributed by atoms with van der Waals surface area (Å²) in [6, 6.07) is 20.4. The molecule has 0 N–H and O–H groups in total. The van der Waals surface area contributed by atoms with E-state index in [1.807, 2.05) is 30.3 Å². The van der Waals surface area contributed by atoms with Gasteiger partial charge in [-0.3, -0.25) is 24.6 Å². The normalized spacial score (nSPS) is 15.6. The largest absolute Gasteiger partial charge is 0.289 e. The fourth-order valence-corrected chi connectivity index (χ4v) is 5.52. The van der Waals surface area contributed by atoms with E-state index in [-0.39, 0.29) is 23.4 Å². The van der Waals surface area contributed by atoms with Gasteiger partial charge in [0.1, 0.15) is 5.00 Å². The van der Waals surface area contributed by atoms with Crippen LogP contribution >= 0.6 is 22.9 Å². The summed E-state index contributed by atoms with van der Waals surface area (Å²) in [5.41, 5.74) is 1.38. The summed E-state index contributed by atoms with van der Waals surface area (Å²) in [6.45, 7) is 0. The lowest BCUT2D eigenvalue weighted by atomic mass is 9.85. The maximum absolute atomic E-state index is 13.7. The van der Waals surface area contributed by atoms with Crippen molar-refractivity contribution in [1.82, 2.24) is 0 Å². The van der Waals surface area contributed by atoms with E-state index in [1.165, 1.54) is 23.5 Å². The number of carbonyl (C=O) groups excluding carboxylic acids is 1. The van der Waals surface area contributed by atoms with Crippen molar-refractivity contribution in [3.63, 3.8) is 0 Å². The number of nitrogens with zero attached hydrogens (tertiary/aromatic N) is 2. The molecular formula is C24H15ClN2O4S. The van der Waals surface area contributed by atoms with E-state index in [4.69, 9.17) is 11.6 Å². The number of amides is 1. The summed E-state index contributed by atoms with van der Waals surface area (Å²) in [7, 11) is 0. The van der Waals surface area contributed by atoms with Gasteiger partial charge in [0.2, 0.25) is 5.91 Å². The number of rotatable bonds is 3. The Morgan fingerprint density at radius 1 is 1.00 bits per heavy atom. The van der Waals surface area contributed by atoms with Crippen LogP contribution in [0.4, 0.5) is 16.4 Å². The predicted molar refractivity (Wildman–Crippen MR) is 126 cm³/mol. The number of carbonyl (C=O) groups is 1. The molecule has 3 aromatic carbocycles. The molecule has 2 heterocycles. The van der Waals surface area contributed by atoms with Crippen LogP contribution in [0.15, 0.2) is 77.6 Å². The quantitative estimate of drug-likeness (QED) is 0.275. The predicted octanol–water partition coefficient (Wildman–Crippen LogP) is 6.02. The average Bonchev–Trinajstić information content (AvgIpc) is 2.80. The zero-order valence-electron chi connectivity index (χ0n) is 16.5. The highest BCUT2D eigenvalue weighted by Crippen LogP contribution is 2.46. The van der Waals surface area contributed by atoms with Crippen LogP contribution in [-0.4, -0.2) is 10.8 Å². The van der Waals surface area contributed by atoms with Gasteiger partial charge in [-0.1, -0.05) is 41.9 Å². The molecule has 6 nitrogen and oxygen atoms in total. The average molecular weight is 463 g/mol. The van der Waals surface area contributed by atoms with Gasteiger partial charge < -0.3 is 0 Å². The molecule has 5 rings (SSSR count). The highest BCUT2D eigenvalue weighted by molar-refractivity contribution is 7.22. The first-order chi connectivity index (χ1) is 15.4. The number of nitro benzene ring substituents is 1. The fourth-order valence-electron chi connectivity index (χ4n) is 4.10. The molecule has 1 aliphatic rings. The van der Waals surface area contributed by atoms with Crippen LogP contribution in [0.5, 0.6) is 0 Å². The van der Waals surface area contributed by atoms with Crippen molar-refractivity contribution in [3.8, 4) is 0 Å². The summed E-state index contributed by atoms with van der Waals surface area (Å²) < 4.78 is 0.714. The molecular weight excluding hydrogens is 448 g/mol. The minimum Gasteiger partial charge on any atom is -0.289 e. The minimum atomic E-state index is -0.593. The molecule has 0 saturated carbocycles. The zero-order chi connectivity index (χ0) is 22.4. The van der Waals surface area contributed by atoms with Crippen molar-refractivity contribution in [2.45, 2.75) is 12.3 Å². The Morgan fingerprint density at radius 2 is 1.78 bits per heavy atom. The number of anilines is 2. The van der Waals surface area contributed by atoms with Gasteiger partial charge in [-0.2, -0.15) is 0 Å². The summed E-state index contributed by atoms with van der Waals surface area (Å²) in [5.74, 6) is -0.770. The summed E-state index contributed by atoms with van der Waals surface area (Å²) in [6.07, 6.45) is 0.0249. The van der Waals surface area contributed by atoms with E-state index < -0.39 is 10.8 Å².